The van der Waals surface area contributed by atoms with E-state index >= 15 is 0 Å². The molecule has 0 radical (unpaired) electrons. The van der Waals surface area contributed by atoms with Gasteiger partial charge in [-0.25, -0.2) is 0 Å². The Morgan fingerprint density at radius 3 is 2.00 bits per heavy atom. The van der Waals surface area contributed by atoms with E-state index in [1.807, 2.05) is 52.7 Å². The Hall–Kier alpha value is -0.300. The van der Waals surface area contributed by atoms with E-state index in [2.05, 4.69) is 34.6 Å². The SMILES string of the molecule is CC.CC.CC.CCCCCCCC1CC[C@@]2(C)C3=C(CCC12C)C1(C)CCC(O)C(C)C1CC3. The Morgan fingerprint density at radius 2 is 1.37 bits per heavy atom. The molecular weight excluding hydrogens is 424 g/mol. The van der Waals surface area contributed by atoms with E-state index in [4.69, 9.17) is 0 Å². The summed E-state index contributed by atoms with van der Waals surface area (Å²) < 4.78 is 0. The molecular formula is C34H66O. The Morgan fingerprint density at radius 1 is 0.743 bits per heavy atom. The predicted octanol–water partition coefficient (Wildman–Crippen LogP) is 11.1. The molecule has 0 aromatic heterocycles. The second-order valence-electron chi connectivity index (χ2n) is 12.2. The summed E-state index contributed by atoms with van der Waals surface area (Å²) in [5, 5.41) is 10.5. The maximum absolute atomic E-state index is 10.5. The van der Waals surface area contributed by atoms with E-state index in [-0.39, 0.29) is 6.10 Å². The third kappa shape index (κ3) is 6.07. The minimum Gasteiger partial charge on any atom is -0.393 e. The lowest BCUT2D eigenvalue weighted by molar-refractivity contribution is -0.0394. The van der Waals surface area contributed by atoms with Crippen molar-refractivity contribution in [2.75, 3.05) is 0 Å². The van der Waals surface area contributed by atoms with Crippen molar-refractivity contribution >= 4 is 0 Å². The van der Waals surface area contributed by atoms with Crippen LogP contribution in [-0.2, 0) is 0 Å². The molecule has 1 heteroatoms. The van der Waals surface area contributed by atoms with Gasteiger partial charge in [0.25, 0.3) is 0 Å². The summed E-state index contributed by atoms with van der Waals surface area (Å²) in [5.74, 6) is 2.12. The maximum Gasteiger partial charge on any atom is 0.0569 e. The molecule has 0 aromatic rings. The van der Waals surface area contributed by atoms with Crippen molar-refractivity contribution in [2.24, 2.45) is 34.0 Å². The summed E-state index contributed by atoms with van der Waals surface area (Å²) in [4.78, 5) is 0. The molecule has 0 bridgehead atoms. The Labute approximate surface area is 222 Å². The van der Waals surface area contributed by atoms with Crippen LogP contribution in [0.5, 0.6) is 0 Å². The highest BCUT2D eigenvalue weighted by Gasteiger charge is 2.61. The van der Waals surface area contributed by atoms with E-state index in [1.165, 1.54) is 83.5 Å². The van der Waals surface area contributed by atoms with E-state index in [9.17, 15) is 5.11 Å². The first-order valence-electron chi connectivity index (χ1n) is 16.2. The first-order valence-corrected chi connectivity index (χ1v) is 16.2. The lowest BCUT2D eigenvalue weighted by atomic mass is 9.45. The molecule has 0 amide bonds. The fourth-order valence-corrected chi connectivity index (χ4v) is 8.88. The van der Waals surface area contributed by atoms with E-state index in [0.717, 1.165) is 12.3 Å². The zero-order chi connectivity index (χ0) is 26.9. The van der Waals surface area contributed by atoms with Gasteiger partial charge >= 0.3 is 0 Å². The van der Waals surface area contributed by atoms with Gasteiger partial charge in [-0.05, 0) is 91.8 Å². The fraction of sp³-hybridized carbons (Fsp3) is 0.941. The molecule has 2 fully saturated rings. The summed E-state index contributed by atoms with van der Waals surface area (Å²) >= 11 is 0. The predicted molar refractivity (Wildman–Crippen MR) is 158 cm³/mol. The molecule has 4 aliphatic rings. The van der Waals surface area contributed by atoms with Gasteiger partial charge in [-0.15, -0.1) is 0 Å². The van der Waals surface area contributed by atoms with Crippen molar-refractivity contribution in [3.05, 3.63) is 11.1 Å². The molecule has 0 aromatic carbocycles. The molecule has 208 valence electrons. The van der Waals surface area contributed by atoms with Crippen LogP contribution in [0.2, 0.25) is 0 Å². The summed E-state index contributed by atoms with van der Waals surface area (Å²) in [6, 6.07) is 0. The number of unbranched alkanes of at least 4 members (excludes halogenated alkanes) is 4. The summed E-state index contributed by atoms with van der Waals surface area (Å²) in [7, 11) is 0. The van der Waals surface area contributed by atoms with Crippen molar-refractivity contribution in [1.29, 1.82) is 0 Å². The number of aliphatic hydroxyl groups is 1. The number of fused-ring (bicyclic) bond motifs is 4. The van der Waals surface area contributed by atoms with Gasteiger partial charge < -0.3 is 5.11 Å². The van der Waals surface area contributed by atoms with Crippen molar-refractivity contribution in [3.8, 4) is 0 Å². The number of allylic oxidation sites excluding steroid dienone is 2. The topological polar surface area (TPSA) is 20.2 Å². The average molecular weight is 491 g/mol. The lowest BCUT2D eigenvalue weighted by Gasteiger charge is -2.59. The zero-order valence-electron chi connectivity index (χ0n) is 26.2. The van der Waals surface area contributed by atoms with Crippen LogP contribution >= 0.6 is 0 Å². The van der Waals surface area contributed by atoms with Gasteiger partial charge in [-0.3, -0.25) is 0 Å². The monoisotopic (exact) mass is 491 g/mol. The summed E-state index contributed by atoms with van der Waals surface area (Å²) in [5.41, 5.74) is 5.12. The molecule has 0 heterocycles. The van der Waals surface area contributed by atoms with E-state index < -0.39 is 0 Å². The largest absolute Gasteiger partial charge is 0.393 e. The Balaban J connectivity index is 0.000000949. The highest BCUT2D eigenvalue weighted by molar-refractivity contribution is 5.38. The Bertz CT molecular complexity index is 635. The molecule has 1 N–H and O–H groups in total. The van der Waals surface area contributed by atoms with Gasteiger partial charge in [0.05, 0.1) is 6.10 Å². The van der Waals surface area contributed by atoms with Gasteiger partial charge in [0, 0.05) is 0 Å². The lowest BCUT2D eigenvalue weighted by Crippen LogP contribution is -2.51. The third-order valence-corrected chi connectivity index (χ3v) is 11.1. The van der Waals surface area contributed by atoms with Gasteiger partial charge in [0.2, 0.25) is 0 Å². The first-order chi connectivity index (χ1) is 16.8. The van der Waals surface area contributed by atoms with E-state index in [1.54, 1.807) is 0 Å². The maximum atomic E-state index is 10.5. The standard InChI is InChI=1S/C28H48O.3C2H6/c1-6-7-8-9-10-11-21-14-18-28(5)24-13-12-22-20(2)25(29)16-17-26(22,3)23(24)15-19-27(21,28)4;3*1-2/h20-22,25,29H,6-19H2,1-5H3;3*1-2H3/t20?,21?,22?,25?,26?,27?,28-;;;/m0.../s1. The van der Waals surface area contributed by atoms with Crippen LogP contribution in [-0.4, -0.2) is 11.2 Å². The normalized spacial score (nSPS) is 39.4. The minimum atomic E-state index is -0.0664. The van der Waals surface area contributed by atoms with Gasteiger partial charge in [0.15, 0.2) is 0 Å². The van der Waals surface area contributed by atoms with Gasteiger partial charge in [-0.1, -0.05) is 119 Å². The Kier molecular flexibility index (Phi) is 13.6. The van der Waals surface area contributed by atoms with E-state index in [0.29, 0.717) is 28.1 Å². The van der Waals surface area contributed by atoms with Crippen LogP contribution < -0.4 is 0 Å². The molecule has 2 saturated carbocycles. The molecule has 4 rings (SSSR count). The molecule has 0 spiro atoms. The number of rotatable bonds is 6. The smallest absolute Gasteiger partial charge is 0.0569 e. The summed E-state index contributed by atoms with van der Waals surface area (Å²) in [6.45, 7) is 24.6. The molecule has 7 atom stereocenters. The first kappa shape index (κ1) is 32.7. The molecule has 4 aliphatic carbocycles. The molecule has 0 saturated heterocycles. The number of hydrogen-bond donors (Lipinski definition) is 1. The quantitative estimate of drug-likeness (QED) is 0.290. The molecule has 6 unspecified atom stereocenters. The second-order valence-corrected chi connectivity index (χ2v) is 12.2. The zero-order valence-corrected chi connectivity index (χ0v) is 26.2. The highest BCUT2D eigenvalue weighted by atomic mass is 16.3. The molecule has 0 aliphatic heterocycles. The van der Waals surface area contributed by atoms with Crippen molar-refractivity contribution in [3.63, 3.8) is 0 Å². The highest BCUT2D eigenvalue weighted by Crippen LogP contribution is 2.71. The number of aliphatic hydroxyl groups excluding tert-OH is 1. The van der Waals surface area contributed by atoms with Crippen molar-refractivity contribution < 1.29 is 5.11 Å². The average Bonchev–Trinajstić information content (AvgIpc) is 3.16. The molecule has 1 nitrogen and oxygen atoms in total. The third-order valence-electron chi connectivity index (χ3n) is 11.1. The molecule has 35 heavy (non-hydrogen) atoms. The van der Waals surface area contributed by atoms with Gasteiger partial charge in [-0.2, -0.15) is 0 Å². The van der Waals surface area contributed by atoms with Crippen LogP contribution in [0.15, 0.2) is 11.1 Å². The van der Waals surface area contributed by atoms with Crippen LogP contribution in [0.4, 0.5) is 0 Å². The van der Waals surface area contributed by atoms with Crippen LogP contribution in [0.1, 0.15) is 166 Å². The minimum absolute atomic E-state index is 0.0664. The van der Waals surface area contributed by atoms with Gasteiger partial charge in [0.1, 0.15) is 0 Å². The second kappa shape index (κ2) is 14.6. The summed E-state index contributed by atoms with van der Waals surface area (Å²) in [6.07, 6.45) is 19.1. The van der Waals surface area contributed by atoms with Crippen LogP contribution in [0, 0.1) is 34.0 Å². The van der Waals surface area contributed by atoms with Crippen molar-refractivity contribution in [1.82, 2.24) is 0 Å². The van der Waals surface area contributed by atoms with Crippen LogP contribution in [0.25, 0.3) is 0 Å². The van der Waals surface area contributed by atoms with Crippen LogP contribution in [0.3, 0.4) is 0 Å². The fourth-order valence-electron chi connectivity index (χ4n) is 8.88. The van der Waals surface area contributed by atoms with Crippen molar-refractivity contribution in [2.45, 2.75) is 172 Å². The number of hydrogen-bond acceptors (Lipinski definition) is 1.